The molecule has 1 rings (SSSR count). The van der Waals surface area contributed by atoms with E-state index in [1.54, 1.807) is 4.90 Å². The van der Waals surface area contributed by atoms with Crippen LogP contribution < -0.4 is 5.32 Å². The van der Waals surface area contributed by atoms with Gasteiger partial charge in [-0.05, 0) is 37.8 Å². The molecule has 2 amide bonds. The van der Waals surface area contributed by atoms with Crippen molar-refractivity contribution in [2.45, 2.75) is 66.0 Å². The number of nitrogens with one attached hydrogen (secondary N) is 1. The maximum Gasteiger partial charge on any atom is 0.242 e. The second-order valence-corrected chi connectivity index (χ2v) is 6.02. The van der Waals surface area contributed by atoms with E-state index in [1.807, 2.05) is 45.0 Å². The maximum absolute atomic E-state index is 12.5. The highest BCUT2D eigenvalue weighted by Gasteiger charge is 2.25. The summed E-state index contributed by atoms with van der Waals surface area (Å²) >= 11 is 0. The average molecular weight is 318 g/mol. The number of carbonyl (C=O) groups is 2. The molecule has 0 aliphatic heterocycles. The van der Waals surface area contributed by atoms with Gasteiger partial charge in [0.05, 0.1) is 0 Å². The molecule has 1 N–H and O–H groups in total. The minimum Gasteiger partial charge on any atom is -0.354 e. The van der Waals surface area contributed by atoms with E-state index in [0.717, 1.165) is 30.4 Å². The van der Waals surface area contributed by atoms with Gasteiger partial charge in [0, 0.05) is 19.5 Å². The fourth-order valence-electron chi connectivity index (χ4n) is 2.45. The third kappa shape index (κ3) is 6.05. The van der Waals surface area contributed by atoms with E-state index in [4.69, 9.17) is 0 Å². The molecule has 128 valence electrons. The van der Waals surface area contributed by atoms with Crippen LogP contribution in [0.25, 0.3) is 0 Å². The third-order valence-corrected chi connectivity index (χ3v) is 4.06. The van der Waals surface area contributed by atoms with Gasteiger partial charge >= 0.3 is 0 Å². The highest BCUT2D eigenvalue weighted by Crippen LogP contribution is 2.15. The lowest BCUT2D eigenvalue weighted by Gasteiger charge is -2.29. The zero-order valence-electron chi connectivity index (χ0n) is 14.9. The summed E-state index contributed by atoms with van der Waals surface area (Å²) in [7, 11) is 0. The molecule has 0 saturated heterocycles. The van der Waals surface area contributed by atoms with Gasteiger partial charge in [-0.2, -0.15) is 0 Å². The van der Waals surface area contributed by atoms with Gasteiger partial charge in [0.25, 0.3) is 0 Å². The number of hydrogen-bond donors (Lipinski definition) is 1. The van der Waals surface area contributed by atoms with Crippen molar-refractivity contribution < 1.29 is 9.59 Å². The van der Waals surface area contributed by atoms with Crippen molar-refractivity contribution in [1.82, 2.24) is 10.2 Å². The summed E-state index contributed by atoms with van der Waals surface area (Å²) in [5, 5.41) is 2.93. The molecule has 1 aromatic carbocycles. The molecule has 1 unspecified atom stereocenters. The Labute approximate surface area is 140 Å². The SMILES string of the molecule is CCCCNC(=O)C(C)N(Cc1ccccc1C)C(=O)CCC. The van der Waals surface area contributed by atoms with Crippen molar-refractivity contribution in [3.05, 3.63) is 35.4 Å². The smallest absolute Gasteiger partial charge is 0.242 e. The molecule has 0 spiro atoms. The molecule has 0 saturated carbocycles. The summed E-state index contributed by atoms with van der Waals surface area (Å²) in [4.78, 5) is 26.5. The molecule has 0 aliphatic carbocycles. The Morgan fingerprint density at radius 1 is 1.17 bits per heavy atom. The Balaban J connectivity index is 2.85. The number of nitrogens with zero attached hydrogens (tertiary/aromatic N) is 1. The minimum absolute atomic E-state index is 0.0360. The number of amides is 2. The van der Waals surface area contributed by atoms with Crippen LogP contribution in [0.5, 0.6) is 0 Å². The minimum atomic E-state index is -0.453. The first kappa shape index (κ1) is 19.2. The van der Waals surface area contributed by atoms with E-state index in [9.17, 15) is 9.59 Å². The van der Waals surface area contributed by atoms with Crippen LogP contribution in [0.2, 0.25) is 0 Å². The number of carbonyl (C=O) groups excluding carboxylic acids is 2. The summed E-state index contributed by atoms with van der Waals surface area (Å²) in [6.45, 7) is 9.06. The van der Waals surface area contributed by atoms with Gasteiger partial charge in [-0.25, -0.2) is 0 Å². The van der Waals surface area contributed by atoms with Gasteiger partial charge < -0.3 is 10.2 Å². The molecule has 0 aromatic heterocycles. The van der Waals surface area contributed by atoms with E-state index in [0.29, 0.717) is 19.5 Å². The van der Waals surface area contributed by atoms with Crippen LogP contribution in [0.1, 0.15) is 57.6 Å². The van der Waals surface area contributed by atoms with Crippen molar-refractivity contribution in [1.29, 1.82) is 0 Å². The normalized spacial score (nSPS) is 11.8. The molecule has 1 atom stereocenters. The van der Waals surface area contributed by atoms with Crippen LogP contribution in [0.15, 0.2) is 24.3 Å². The Morgan fingerprint density at radius 3 is 2.48 bits per heavy atom. The summed E-state index contributed by atoms with van der Waals surface area (Å²) in [5.74, 6) is -0.0367. The molecule has 23 heavy (non-hydrogen) atoms. The van der Waals surface area contributed by atoms with Crippen LogP contribution in [0.4, 0.5) is 0 Å². The topological polar surface area (TPSA) is 49.4 Å². The quantitative estimate of drug-likeness (QED) is 0.709. The monoisotopic (exact) mass is 318 g/mol. The van der Waals surface area contributed by atoms with E-state index in [1.165, 1.54) is 0 Å². The molecule has 0 heterocycles. The van der Waals surface area contributed by atoms with Crippen molar-refractivity contribution in [2.75, 3.05) is 6.54 Å². The lowest BCUT2D eigenvalue weighted by atomic mass is 10.1. The van der Waals surface area contributed by atoms with E-state index in [-0.39, 0.29) is 11.8 Å². The van der Waals surface area contributed by atoms with Gasteiger partial charge in [-0.1, -0.05) is 44.5 Å². The van der Waals surface area contributed by atoms with Crippen LogP contribution in [-0.4, -0.2) is 29.3 Å². The predicted molar refractivity (Wildman–Crippen MR) is 94.0 cm³/mol. The van der Waals surface area contributed by atoms with Crippen molar-refractivity contribution >= 4 is 11.8 Å². The van der Waals surface area contributed by atoms with Gasteiger partial charge in [0.2, 0.25) is 11.8 Å². The highest BCUT2D eigenvalue weighted by molar-refractivity contribution is 5.87. The predicted octanol–water partition coefficient (Wildman–Crippen LogP) is 3.43. The van der Waals surface area contributed by atoms with Gasteiger partial charge in [0.1, 0.15) is 6.04 Å². The van der Waals surface area contributed by atoms with Crippen LogP contribution in [-0.2, 0) is 16.1 Å². The Bertz CT molecular complexity index is 514. The van der Waals surface area contributed by atoms with Gasteiger partial charge in [-0.15, -0.1) is 0 Å². The molecule has 0 aliphatic rings. The molecule has 0 radical (unpaired) electrons. The zero-order valence-corrected chi connectivity index (χ0v) is 14.9. The largest absolute Gasteiger partial charge is 0.354 e. The fourth-order valence-corrected chi connectivity index (χ4v) is 2.45. The summed E-state index contributed by atoms with van der Waals surface area (Å²) in [6.07, 6.45) is 3.25. The number of hydrogen-bond acceptors (Lipinski definition) is 2. The molecular formula is C19H30N2O2. The van der Waals surface area contributed by atoms with Gasteiger partial charge in [0.15, 0.2) is 0 Å². The Morgan fingerprint density at radius 2 is 1.87 bits per heavy atom. The second kappa shape index (κ2) is 10.0. The lowest BCUT2D eigenvalue weighted by Crippen LogP contribution is -2.47. The van der Waals surface area contributed by atoms with Crippen LogP contribution >= 0.6 is 0 Å². The van der Waals surface area contributed by atoms with Gasteiger partial charge in [-0.3, -0.25) is 9.59 Å². The summed E-state index contributed by atoms with van der Waals surface area (Å²) in [5.41, 5.74) is 2.23. The molecule has 4 nitrogen and oxygen atoms in total. The van der Waals surface area contributed by atoms with Crippen LogP contribution in [0.3, 0.4) is 0 Å². The van der Waals surface area contributed by atoms with Crippen LogP contribution in [0, 0.1) is 6.92 Å². The van der Waals surface area contributed by atoms with Crippen molar-refractivity contribution in [2.24, 2.45) is 0 Å². The van der Waals surface area contributed by atoms with E-state index in [2.05, 4.69) is 12.2 Å². The first-order valence-corrected chi connectivity index (χ1v) is 8.62. The number of rotatable bonds is 9. The first-order valence-electron chi connectivity index (χ1n) is 8.62. The molecule has 0 fully saturated rings. The number of unbranched alkanes of at least 4 members (excludes halogenated alkanes) is 1. The fraction of sp³-hybridized carbons (Fsp3) is 0.579. The zero-order chi connectivity index (χ0) is 17.2. The maximum atomic E-state index is 12.5. The van der Waals surface area contributed by atoms with Crippen molar-refractivity contribution in [3.8, 4) is 0 Å². The summed E-state index contributed by atoms with van der Waals surface area (Å²) in [6, 6.07) is 7.55. The molecule has 1 aromatic rings. The molecule has 0 bridgehead atoms. The molecular weight excluding hydrogens is 288 g/mol. The number of aryl methyl sites for hydroxylation is 1. The highest BCUT2D eigenvalue weighted by atomic mass is 16.2. The number of benzene rings is 1. The third-order valence-electron chi connectivity index (χ3n) is 4.06. The second-order valence-electron chi connectivity index (χ2n) is 6.02. The van der Waals surface area contributed by atoms with Crippen molar-refractivity contribution in [3.63, 3.8) is 0 Å². The first-order chi connectivity index (χ1) is 11.0. The molecule has 4 heteroatoms. The Hall–Kier alpha value is -1.84. The standard InChI is InChI=1S/C19H30N2O2/c1-5-7-13-20-19(23)16(4)21(18(22)10-6-2)14-17-12-9-8-11-15(17)3/h8-9,11-12,16H,5-7,10,13-14H2,1-4H3,(H,20,23). The van der Waals surface area contributed by atoms with E-state index < -0.39 is 6.04 Å². The van der Waals surface area contributed by atoms with E-state index >= 15 is 0 Å². The Kier molecular flexibility index (Phi) is 8.38. The average Bonchev–Trinajstić information content (AvgIpc) is 2.53. The summed E-state index contributed by atoms with van der Waals surface area (Å²) < 4.78 is 0. The lowest BCUT2D eigenvalue weighted by molar-refractivity contribution is -0.140.